The average Bonchev–Trinajstić information content (AvgIpc) is 3.74. The van der Waals surface area contributed by atoms with Crippen molar-refractivity contribution in [2.75, 3.05) is 0 Å². The number of allylic oxidation sites excluding steroid dienone is 15. The van der Waals surface area contributed by atoms with Crippen LogP contribution in [0.1, 0.15) is 54.8 Å². The minimum Gasteiger partial charge on any atom is -0.361 e. The van der Waals surface area contributed by atoms with Crippen molar-refractivity contribution in [2.45, 2.75) is 56.5 Å². The Morgan fingerprint density at radius 3 is 2.48 bits per heavy atom. The zero-order valence-corrected chi connectivity index (χ0v) is 29.6. The minimum atomic E-state index is -0.00787. The van der Waals surface area contributed by atoms with Gasteiger partial charge in [-0.2, -0.15) is 5.26 Å². The van der Waals surface area contributed by atoms with Crippen LogP contribution in [-0.4, -0.2) is 21.6 Å². The standard InChI is InChI=1S/C49H45N3/c50-32-33-25-28-36(29-26-33)51-46-23-10-9-20-42(46)45-31-34(27-30-48(45)51)37-15-4-5-16-38(37)39-17-6-7-18-40(39)43-21-12-22-44-41-19-8-11-24-47(41)52(49(43)44)35-13-2-1-3-14-35/h1-7,9-14,16-18,20-25,28-29,31,33,37,39-40,42,45-46,48H,8,15,19,26-27,30H2/t33?,37-,39+,40?,42?,45?,46?,48?/m1/s1. The lowest BCUT2D eigenvalue weighted by Gasteiger charge is -2.39. The van der Waals surface area contributed by atoms with Gasteiger partial charge in [0.05, 0.1) is 23.5 Å². The van der Waals surface area contributed by atoms with Crippen LogP contribution in [0.5, 0.6) is 0 Å². The summed E-state index contributed by atoms with van der Waals surface area (Å²) >= 11 is 0. The van der Waals surface area contributed by atoms with Crippen molar-refractivity contribution in [3.05, 3.63) is 179 Å². The third kappa shape index (κ3) is 5.07. The molecule has 256 valence electrons. The van der Waals surface area contributed by atoms with Crippen molar-refractivity contribution in [3.63, 3.8) is 0 Å². The summed E-state index contributed by atoms with van der Waals surface area (Å²) in [5.41, 5.74) is 11.3. The second kappa shape index (κ2) is 13.0. The number of nitrogens with zero attached hydrogens (tertiary/aromatic N) is 3. The Bertz CT molecular complexity index is 2270. The molecular formula is C49H45N3. The second-order valence-electron chi connectivity index (χ2n) is 15.6. The quantitative estimate of drug-likeness (QED) is 0.252. The number of aryl methyl sites for hydroxylation is 1. The molecule has 0 bridgehead atoms. The largest absolute Gasteiger partial charge is 0.361 e. The number of hydrogen-bond donors (Lipinski definition) is 0. The van der Waals surface area contributed by atoms with Gasteiger partial charge in [-0.25, -0.2) is 0 Å². The normalized spacial score (nSPS) is 31.1. The van der Waals surface area contributed by atoms with E-state index in [2.05, 4.69) is 167 Å². The molecule has 0 saturated carbocycles. The van der Waals surface area contributed by atoms with E-state index in [1.54, 1.807) is 11.1 Å². The van der Waals surface area contributed by atoms with E-state index < -0.39 is 0 Å². The van der Waals surface area contributed by atoms with Gasteiger partial charge in [-0.3, -0.25) is 0 Å². The third-order valence-corrected chi connectivity index (χ3v) is 12.9. The first-order valence-electron chi connectivity index (χ1n) is 19.5. The van der Waals surface area contributed by atoms with E-state index in [1.165, 1.54) is 45.5 Å². The van der Waals surface area contributed by atoms with E-state index >= 15 is 0 Å². The van der Waals surface area contributed by atoms with Gasteiger partial charge in [-0.15, -0.1) is 0 Å². The monoisotopic (exact) mass is 675 g/mol. The number of aromatic nitrogens is 1. The summed E-state index contributed by atoms with van der Waals surface area (Å²) in [6.45, 7) is 0. The van der Waals surface area contributed by atoms with E-state index in [0.29, 0.717) is 29.8 Å². The zero-order chi connectivity index (χ0) is 34.6. The molecule has 2 aromatic carbocycles. The minimum absolute atomic E-state index is 0.00787. The van der Waals surface area contributed by atoms with Gasteiger partial charge in [0.1, 0.15) is 0 Å². The number of likely N-dealkylation sites (tertiary alicyclic amines) is 1. The number of hydrogen-bond acceptors (Lipinski definition) is 2. The molecule has 1 aromatic heterocycles. The highest BCUT2D eigenvalue weighted by Gasteiger charge is 2.48. The van der Waals surface area contributed by atoms with Crippen LogP contribution in [0.4, 0.5) is 0 Å². The number of rotatable bonds is 5. The van der Waals surface area contributed by atoms with E-state index in [1.807, 2.05) is 0 Å². The summed E-state index contributed by atoms with van der Waals surface area (Å²) in [5.74, 6) is 1.87. The molecule has 0 amide bonds. The van der Waals surface area contributed by atoms with Crippen molar-refractivity contribution in [2.24, 2.45) is 29.6 Å². The molecule has 3 aromatic rings. The molecule has 0 N–H and O–H groups in total. The maximum Gasteiger partial charge on any atom is 0.0700 e. The van der Waals surface area contributed by atoms with Crippen LogP contribution < -0.4 is 0 Å². The first-order chi connectivity index (χ1) is 25.8. The van der Waals surface area contributed by atoms with Gasteiger partial charge in [0.15, 0.2) is 0 Å². The van der Waals surface area contributed by atoms with Crippen molar-refractivity contribution < 1.29 is 0 Å². The summed E-state index contributed by atoms with van der Waals surface area (Å²) in [6, 6.07) is 21.3. The fourth-order valence-corrected chi connectivity index (χ4v) is 10.7. The van der Waals surface area contributed by atoms with E-state index in [4.69, 9.17) is 0 Å². The molecule has 2 heterocycles. The van der Waals surface area contributed by atoms with Crippen molar-refractivity contribution >= 4 is 17.0 Å². The number of benzene rings is 2. The van der Waals surface area contributed by atoms with E-state index in [9.17, 15) is 5.26 Å². The van der Waals surface area contributed by atoms with Crippen LogP contribution in [0, 0.1) is 40.9 Å². The summed E-state index contributed by atoms with van der Waals surface area (Å²) in [4.78, 5) is 2.70. The number of para-hydroxylation sites is 2. The first-order valence-corrected chi connectivity index (χ1v) is 19.5. The summed E-state index contributed by atoms with van der Waals surface area (Å²) in [5, 5.41) is 10.9. The average molecular weight is 676 g/mol. The molecule has 1 fully saturated rings. The number of nitriles is 1. The number of fused-ring (bicyclic) bond motifs is 6. The third-order valence-electron chi connectivity index (χ3n) is 12.9. The Hall–Kier alpha value is -5.33. The van der Waals surface area contributed by atoms with Crippen molar-refractivity contribution in [3.8, 4) is 11.8 Å². The van der Waals surface area contributed by atoms with Crippen molar-refractivity contribution in [1.29, 1.82) is 5.26 Å². The maximum absolute atomic E-state index is 9.52. The molecule has 6 aliphatic carbocycles. The highest BCUT2D eigenvalue weighted by Crippen LogP contribution is 2.51. The maximum atomic E-state index is 9.52. The molecule has 6 unspecified atom stereocenters. The molecule has 1 saturated heterocycles. The van der Waals surface area contributed by atoms with Gasteiger partial charge < -0.3 is 9.47 Å². The molecule has 52 heavy (non-hydrogen) atoms. The molecular weight excluding hydrogens is 631 g/mol. The summed E-state index contributed by atoms with van der Waals surface area (Å²) in [6.07, 6.45) is 46.5. The Kier molecular flexibility index (Phi) is 7.86. The fourth-order valence-electron chi connectivity index (χ4n) is 10.7. The Balaban J connectivity index is 1.02. The molecule has 1 aliphatic heterocycles. The van der Waals surface area contributed by atoms with Gasteiger partial charge in [-0.05, 0) is 73.9 Å². The Labute approximate surface area is 308 Å². The molecule has 7 aliphatic rings. The lowest BCUT2D eigenvalue weighted by Crippen LogP contribution is -2.38. The molecule has 10 rings (SSSR count). The van der Waals surface area contributed by atoms with Gasteiger partial charge in [0.25, 0.3) is 0 Å². The lowest BCUT2D eigenvalue weighted by atomic mass is 9.67. The molecule has 8 atom stereocenters. The van der Waals surface area contributed by atoms with Gasteiger partial charge in [0.2, 0.25) is 0 Å². The highest BCUT2D eigenvalue weighted by atomic mass is 15.2. The van der Waals surface area contributed by atoms with Crippen molar-refractivity contribution in [1.82, 2.24) is 9.47 Å². The summed E-state index contributed by atoms with van der Waals surface area (Å²) in [7, 11) is 0. The molecule has 3 heteroatoms. The Morgan fingerprint density at radius 1 is 0.750 bits per heavy atom. The van der Waals surface area contributed by atoms with Crippen LogP contribution in [0.2, 0.25) is 0 Å². The molecule has 0 spiro atoms. The van der Waals surface area contributed by atoms with Gasteiger partial charge >= 0.3 is 0 Å². The van der Waals surface area contributed by atoms with Crippen LogP contribution in [-0.2, 0) is 6.42 Å². The first kappa shape index (κ1) is 31.4. The predicted octanol–water partition coefficient (Wildman–Crippen LogP) is 11.0. The SMILES string of the molecule is N#CC1C=CC(N2C3C=CC=CC3C3C=C([C@H]4CC=CC=C4[C@@H]4C=CC=CC4c4cccc5c6c(n(-c7ccccc7)c45)C=CCC6)CCC32)=CC1. The van der Waals surface area contributed by atoms with Crippen LogP contribution in [0.3, 0.4) is 0 Å². The predicted molar refractivity (Wildman–Crippen MR) is 213 cm³/mol. The highest BCUT2D eigenvalue weighted by molar-refractivity contribution is 5.93. The van der Waals surface area contributed by atoms with E-state index in [-0.39, 0.29) is 17.8 Å². The van der Waals surface area contributed by atoms with Gasteiger partial charge in [-0.1, -0.05) is 139 Å². The smallest absolute Gasteiger partial charge is 0.0700 e. The Morgan fingerprint density at radius 2 is 1.62 bits per heavy atom. The molecule has 3 nitrogen and oxygen atoms in total. The zero-order valence-electron chi connectivity index (χ0n) is 29.6. The fraction of sp³-hybridized carbons (Fsp3) is 0.286. The summed E-state index contributed by atoms with van der Waals surface area (Å²) < 4.78 is 2.54. The molecule has 0 radical (unpaired) electrons. The topological polar surface area (TPSA) is 32.0 Å². The van der Waals surface area contributed by atoms with Crippen LogP contribution in [0.15, 0.2) is 163 Å². The van der Waals surface area contributed by atoms with Crippen LogP contribution >= 0.6 is 0 Å². The van der Waals surface area contributed by atoms with Gasteiger partial charge in [0, 0.05) is 58.1 Å². The lowest BCUT2D eigenvalue weighted by molar-refractivity contribution is 0.251. The second-order valence-corrected chi connectivity index (χ2v) is 15.6. The van der Waals surface area contributed by atoms with E-state index in [0.717, 1.165) is 32.1 Å². The van der Waals surface area contributed by atoms with Crippen LogP contribution in [0.25, 0.3) is 22.7 Å².